The monoisotopic (exact) mass is 253 g/mol. The summed E-state index contributed by atoms with van der Waals surface area (Å²) in [5.74, 6) is 0.432. The number of carbonyl (C=O) groups excluding carboxylic acids is 1. The van der Waals surface area contributed by atoms with Crippen molar-refractivity contribution in [1.29, 1.82) is 0 Å². The summed E-state index contributed by atoms with van der Waals surface area (Å²) in [4.78, 5) is 11.8. The van der Waals surface area contributed by atoms with Gasteiger partial charge >= 0.3 is 0 Å². The summed E-state index contributed by atoms with van der Waals surface area (Å²) in [6.07, 6.45) is 0.173. The third kappa shape index (κ3) is 4.01. The minimum Gasteiger partial charge on any atom is -0.497 e. The predicted molar refractivity (Wildman–Crippen MR) is 67.4 cm³/mol. The first-order valence-electron chi connectivity index (χ1n) is 5.68. The van der Waals surface area contributed by atoms with Gasteiger partial charge in [0.2, 0.25) is 5.91 Å². The number of benzene rings is 1. The molecule has 0 saturated heterocycles. The lowest BCUT2D eigenvalue weighted by atomic mass is 10.0. The van der Waals surface area contributed by atoms with Gasteiger partial charge in [-0.15, -0.1) is 0 Å². The molecule has 0 unspecified atom stereocenters. The summed E-state index contributed by atoms with van der Waals surface area (Å²) in [6, 6.07) is 7.19. The van der Waals surface area contributed by atoms with Crippen LogP contribution in [0, 0.1) is 0 Å². The number of rotatable bonds is 6. The number of methoxy groups -OCH3 is 1. The molecule has 1 amide bonds. The highest BCUT2D eigenvalue weighted by Crippen LogP contribution is 2.13. The van der Waals surface area contributed by atoms with Crippen molar-refractivity contribution in [1.82, 2.24) is 5.32 Å². The van der Waals surface area contributed by atoms with Crippen LogP contribution in [0.25, 0.3) is 0 Å². The molecular weight excluding hydrogens is 234 g/mol. The molecular formula is C13H19NO4. The lowest BCUT2D eigenvalue weighted by Gasteiger charge is -2.26. The van der Waals surface area contributed by atoms with E-state index < -0.39 is 5.54 Å². The average Bonchev–Trinajstić information content (AvgIpc) is 2.38. The molecule has 0 bridgehead atoms. The number of nitrogens with one attached hydrogen (secondary N) is 1. The third-order valence-electron chi connectivity index (χ3n) is 2.64. The molecule has 0 spiro atoms. The lowest BCUT2D eigenvalue weighted by Crippen LogP contribution is -2.52. The molecule has 0 aliphatic rings. The molecule has 5 nitrogen and oxygen atoms in total. The van der Waals surface area contributed by atoms with Crippen LogP contribution >= 0.6 is 0 Å². The second-order valence-corrected chi connectivity index (χ2v) is 4.45. The molecule has 100 valence electrons. The maximum atomic E-state index is 11.8. The maximum absolute atomic E-state index is 11.8. The Morgan fingerprint density at radius 1 is 1.39 bits per heavy atom. The van der Waals surface area contributed by atoms with Gasteiger partial charge in [0.05, 0.1) is 32.3 Å². The van der Waals surface area contributed by atoms with E-state index in [0.717, 1.165) is 5.56 Å². The van der Waals surface area contributed by atoms with Crippen LogP contribution in [0.5, 0.6) is 5.75 Å². The zero-order valence-electron chi connectivity index (χ0n) is 10.6. The topological polar surface area (TPSA) is 78.8 Å². The number of hydrogen-bond donors (Lipinski definition) is 3. The van der Waals surface area contributed by atoms with E-state index in [4.69, 9.17) is 14.9 Å². The Morgan fingerprint density at radius 2 is 2.06 bits per heavy atom. The predicted octanol–water partition coefficient (Wildman–Crippen LogP) is 0.0972. The van der Waals surface area contributed by atoms with Gasteiger partial charge in [-0.25, -0.2) is 0 Å². The molecule has 0 atom stereocenters. The van der Waals surface area contributed by atoms with E-state index in [1.165, 1.54) is 0 Å². The van der Waals surface area contributed by atoms with Gasteiger partial charge in [0, 0.05) is 0 Å². The lowest BCUT2D eigenvalue weighted by molar-refractivity contribution is -0.123. The van der Waals surface area contributed by atoms with E-state index in [-0.39, 0.29) is 25.5 Å². The smallest absolute Gasteiger partial charge is 0.225 e. The van der Waals surface area contributed by atoms with Crippen molar-refractivity contribution in [3.05, 3.63) is 29.8 Å². The van der Waals surface area contributed by atoms with Crippen LogP contribution in [0.3, 0.4) is 0 Å². The number of amides is 1. The van der Waals surface area contributed by atoms with Gasteiger partial charge in [-0.1, -0.05) is 12.1 Å². The molecule has 18 heavy (non-hydrogen) atoms. The highest BCUT2D eigenvalue weighted by atomic mass is 16.5. The Bertz CT molecular complexity index is 402. The van der Waals surface area contributed by atoms with Crippen molar-refractivity contribution in [2.45, 2.75) is 18.9 Å². The standard InChI is InChI=1S/C13H19NO4/c1-13(8-15,9-16)14-12(17)7-10-4-3-5-11(6-10)18-2/h3-6,15-16H,7-9H2,1-2H3,(H,14,17). The summed E-state index contributed by atoms with van der Waals surface area (Å²) in [7, 11) is 1.56. The fourth-order valence-corrected chi connectivity index (χ4v) is 1.48. The number of aliphatic hydroxyl groups excluding tert-OH is 2. The van der Waals surface area contributed by atoms with Crippen molar-refractivity contribution in [3.63, 3.8) is 0 Å². The largest absolute Gasteiger partial charge is 0.497 e. The molecule has 1 aromatic rings. The first kappa shape index (κ1) is 14.5. The summed E-state index contributed by atoms with van der Waals surface area (Å²) in [5, 5.41) is 20.8. The van der Waals surface area contributed by atoms with E-state index in [1.807, 2.05) is 6.07 Å². The van der Waals surface area contributed by atoms with Crippen molar-refractivity contribution < 1.29 is 19.7 Å². The van der Waals surface area contributed by atoms with Crippen LogP contribution < -0.4 is 10.1 Å². The minimum atomic E-state index is -0.990. The third-order valence-corrected chi connectivity index (χ3v) is 2.64. The zero-order chi connectivity index (χ0) is 13.6. The number of carbonyl (C=O) groups is 1. The molecule has 1 aromatic carbocycles. The first-order chi connectivity index (χ1) is 8.53. The van der Waals surface area contributed by atoms with Crippen molar-refractivity contribution >= 4 is 5.91 Å². The maximum Gasteiger partial charge on any atom is 0.225 e. The molecule has 0 heterocycles. The van der Waals surface area contributed by atoms with Crippen LogP contribution in [0.4, 0.5) is 0 Å². The number of ether oxygens (including phenoxy) is 1. The zero-order valence-corrected chi connectivity index (χ0v) is 10.6. The van der Waals surface area contributed by atoms with Gasteiger partial charge < -0.3 is 20.3 Å². The molecule has 0 aromatic heterocycles. The van der Waals surface area contributed by atoms with E-state index >= 15 is 0 Å². The van der Waals surface area contributed by atoms with Gasteiger partial charge in [0.1, 0.15) is 5.75 Å². The molecule has 0 saturated carbocycles. The van der Waals surface area contributed by atoms with Crippen LogP contribution in [0.15, 0.2) is 24.3 Å². The highest BCUT2D eigenvalue weighted by Gasteiger charge is 2.24. The van der Waals surface area contributed by atoms with Crippen LogP contribution in [-0.2, 0) is 11.2 Å². The number of aliphatic hydroxyl groups is 2. The molecule has 1 rings (SSSR count). The molecule has 0 fully saturated rings. The fourth-order valence-electron chi connectivity index (χ4n) is 1.48. The second-order valence-electron chi connectivity index (χ2n) is 4.45. The van der Waals surface area contributed by atoms with Crippen LogP contribution in [0.2, 0.25) is 0 Å². The van der Waals surface area contributed by atoms with Crippen molar-refractivity contribution in [2.75, 3.05) is 20.3 Å². The SMILES string of the molecule is COc1cccc(CC(=O)NC(C)(CO)CO)c1. The Labute approximate surface area is 106 Å². The summed E-state index contributed by atoms with van der Waals surface area (Å²) >= 11 is 0. The molecule has 3 N–H and O–H groups in total. The quantitative estimate of drug-likeness (QED) is 0.671. The average molecular weight is 253 g/mol. The highest BCUT2D eigenvalue weighted by molar-refractivity contribution is 5.79. The summed E-state index contributed by atoms with van der Waals surface area (Å²) < 4.78 is 5.07. The van der Waals surface area contributed by atoms with Crippen LogP contribution in [0.1, 0.15) is 12.5 Å². The van der Waals surface area contributed by atoms with Crippen molar-refractivity contribution in [3.8, 4) is 5.75 Å². The van der Waals surface area contributed by atoms with E-state index in [2.05, 4.69) is 5.32 Å². The molecule has 0 radical (unpaired) electrons. The van der Waals surface area contributed by atoms with Crippen LogP contribution in [-0.4, -0.2) is 42.0 Å². The van der Waals surface area contributed by atoms with Crippen molar-refractivity contribution in [2.24, 2.45) is 0 Å². The number of hydrogen-bond acceptors (Lipinski definition) is 4. The second kappa shape index (κ2) is 6.37. The molecule has 5 heteroatoms. The van der Waals surface area contributed by atoms with Gasteiger partial charge in [0.15, 0.2) is 0 Å². The summed E-state index contributed by atoms with van der Waals surface area (Å²) in [6.45, 7) is 0.956. The Balaban J connectivity index is 2.64. The van der Waals surface area contributed by atoms with Gasteiger partial charge in [-0.05, 0) is 24.6 Å². The van der Waals surface area contributed by atoms with Gasteiger partial charge in [-0.3, -0.25) is 4.79 Å². The Kier molecular flexibility index (Phi) is 5.12. The van der Waals surface area contributed by atoms with E-state index in [0.29, 0.717) is 5.75 Å². The molecule has 0 aliphatic heterocycles. The first-order valence-corrected chi connectivity index (χ1v) is 5.68. The fraction of sp³-hybridized carbons (Fsp3) is 0.462. The molecule has 0 aliphatic carbocycles. The van der Waals surface area contributed by atoms with E-state index in [9.17, 15) is 4.79 Å². The Hall–Kier alpha value is -1.59. The Morgan fingerprint density at radius 3 is 2.61 bits per heavy atom. The van der Waals surface area contributed by atoms with E-state index in [1.54, 1.807) is 32.2 Å². The van der Waals surface area contributed by atoms with Gasteiger partial charge in [-0.2, -0.15) is 0 Å². The van der Waals surface area contributed by atoms with Gasteiger partial charge in [0.25, 0.3) is 0 Å². The summed E-state index contributed by atoms with van der Waals surface area (Å²) in [5.41, 5.74) is -0.180. The minimum absolute atomic E-state index is 0.173. The normalized spacial score (nSPS) is 11.1.